The van der Waals surface area contributed by atoms with Crippen molar-refractivity contribution in [2.45, 2.75) is 5.92 Å². The molecule has 0 radical (unpaired) electrons. The van der Waals surface area contributed by atoms with Crippen LogP contribution < -0.4 is 15.2 Å². The van der Waals surface area contributed by atoms with Crippen LogP contribution in [0.3, 0.4) is 0 Å². The zero-order chi connectivity index (χ0) is 14.4. The lowest BCUT2D eigenvalue weighted by atomic mass is 10.0. The molecule has 0 aromatic heterocycles. The van der Waals surface area contributed by atoms with E-state index in [-0.39, 0.29) is 5.92 Å². The second-order valence-electron chi connectivity index (χ2n) is 4.44. The average molecular weight is 292 g/mol. The molecule has 2 N–H and O–H groups in total. The molecule has 0 fully saturated rings. The van der Waals surface area contributed by atoms with Crippen molar-refractivity contribution in [3.05, 3.63) is 59.1 Å². The van der Waals surface area contributed by atoms with Crippen LogP contribution in [0.5, 0.6) is 11.5 Å². The van der Waals surface area contributed by atoms with Crippen molar-refractivity contribution in [2.75, 3.05) is 20.3 Å². The molecular formula is C16H18ClNO2. The van der Waals surface area contributed by atoms with Gasteiger partial charge in [0.05, 0.1) is 13.7 Å². The maximum Gasteiger partial charge on any atom is 0.119 e. The summed E-state index contributed by atoms with van der Waals surface area (Å²) in [5, 5.41) is 0.723. The molecule has 0 spiro atoms. The molecule has 0 saturated heterocycles. The molecule has 0 aliphatic carbocycles. The first-order chi connectivity index (χ1) is 9.74. The van der Waals surface area contributed by atoms with Crippen LogP contribution >= 0.6 is 11.6 Å². The monoisotopic (exact) mass is 291 g/mol. The lowest BCUT2D eigenvalue weighted by Gasteiger charge is -2.17. The van der Waals surface area contributed by atoms with E-state index in [1.807, 2.05) is 48.5 Å². The van der Waals surface area contributed by atoms with Gasteiger partial charge in [-0.1, -0.05) is 29.8 Å². The van der Waals surface area contributed by atoms with Gasteiger partial charge < -0.3 is 15.2 Å². The Morgan fingerprint density at radius 2 is 1.70 bits per heavy atom. The largest absolute Gasteiger partial charge is 0.497 e. The van der Waals surface area contributed by atoms with Crippen molar-refractivity contribution < 1.29 is 9.47 Å². The van der Waals surface area contributed by atoms with Gasteiger partial charge in [-0.25, -0.2) is 0 Å². The van der Waals surface area contributed by atoms with Gasteiger partial charge >= 0.3 is 0 Å². The topological polar surface area (TPSA) is 44.5 Å². The molecule has 2 aromatic carbocycles. The molecule has 0 aliphatic heterocycles. The number of halogens is 1. The Morgan fingerprint density at radius 3 is 2.30 bits per heavy atom. The number of nitrogens with two attached hydrogens (primary N) is 1. The number of benzene rings is 2. The van der Waals surface area contributed by atoms with Crippen LogP contribution in [0.1, 0.15) is 11.5 Å². The van der Waals surface area contributed by atoms with Crippen LogP contribution in [0.25, 0.3) is 0 Å². The van der Waals surface area contributed by atoms with Gasteiger partial charge in [0.1, 0.15) is 11.5 Å². The summed E-state index contributed by atoms with van der Waals surface area (Å²) in [6.07, 6.45) is 0. The second-order valence-corrected chi connectivity index (χ2v) is 4.85. The molecule has 0 amide bonds. The fourth-order valence-electron chi connectivity index (χ4n) is 1.96. The highest BCUT2D eigenvalue weighted by molar-refractivity contribution is 6.31. The molecule has 0 bridgehead atoms. The Kier molecular flexibility index (Phi) is 5.27. The number of methoxy groups -OCH3 is 1. The van der Waals surface area contributed by atoms with E-state index in [1.54, 1.807) is 7.11 Å². The van der Waals surface area contributed by atoms with Crippen LogP contribution in [0.15, 0.2) is 48.5 Å². The minimum atomic E-state index is 0.0748. The van der Waals surface area contributed by atoms with Crippen LogP contribution in [0.2, 0.25) is 5.02 Å². The van der Waals surface area contributed by atoms with Crippen LogP contribution in [0.4, 0.5) is 0 Å². The molecule has 0 aliphatic rings. The molecule has 106 valence electrons. The lowest BCUT2D eigenvalue weighted by Crippen LogP contribution is -2.20. The summed E-state index contributed by atoms with van der Waals surface area (Å²) in [5.74, 6) is 1.67. The molecule has 3 nitrogen and oxygen atoms in total. The molecule has 2 rings (SSSR count). The smallest absolute Gasteiger partial charge is 0.119 e. The van der Waals surface area contributed by atoms with Crippen molar-refractivity contribution >= 4 is 11.6 Å². The van der Waals surface area contributed by atoms with E-state index in [2.05, 4.69) is 0 Å². The summed E-state index contributed by atoms with van der Waals surface area (Å²) >= 11 is 6.19. The molecule has 20 heavy (non-hydrogen) atoms. The summed E-state index contributed by atoms with van der Waals surface area (Å²) in [4.78, 5) is 0. The van der Waals surface area contributed by atoms with E-state index < -0.39 is 0 Å². The predicted octanol–water partition coefficient (Wildman–Crippen LogP) is 3.47. The van der Waals surface area contributed by atoms with Crippen molar-refractivity contribution in [2.24, 2.45) is 5.73 Å². The maximum absolute atomic E-state index is 6.19. The fourth-order valence-corrected chi connectivity index (χ4v) is 2.25. The van der Waals surface area contributed by atoms with Crippen molar-refractivity contribution in [1.82, 2.24) is 0 Å². The summed E-state index contributed by atoms with van der Waals surface area (Å²) in [6, 6.07) is 15.2. The second kappa shape index (κ2) is 7.17. The molecule has 1 atom stereocenters. The van der Waals surface area contributed by atoms with E-state index in [9.17, 15) is 0 Å². The third-order valence-electron chi connectivity index (χ3n) is 3.14. The Balaban J connectivity index is 2.02. The number of hydrogen-bond acceptors (Lipinski definition) is 3. The van der Waals surface area contributed by atoms with Gasteiger partial charge in [-0.05, 0) is 35.9 Å². The standard InChI is InChI=1S/C16H18ClNO2/c1-19-13-6-8-14(9-7-13)20-11-12(10-18)15-4-2-3-5-16(15)17/h2-9,12H,10-11,18H2,1H3. The zero-order valence-electron chi connectivity index (χ0n) is 11.4. The van der Waals surface area contributed by atoms with Crippen LogP contribution in [0, 0.1) is 0 Å². The highest BCUT2D eigenvalue weighted by atomic mass is 35.5. The first-order valence-corrected chi connectivity index (χ1v) is 6.83. The van der Waals surface area contributed by atoms with Gasteiger partial charge in [-0.3, -0.25) is 0 Å². The molecule has 1 unspecified atom stereocenters. The molecule has 4 heteroatoms. The fraction of sp³-hybridized carbons (Fsp3) is 0.250. The van der Waals surface area contributed by atoms with Crippen LogP contribution in [-0.4, -0.2) is 20.3 Å². The quantitative estimate of drug-likeness (QED) is 0.886. The minimum Gasteiger partial charge on any atom is -0.497 e. The summed E-state index contributed by atoms with van der Waals surface area (Å²) in [7, 11) is 1.64. The SMILES string of the molecule is COc1ccc(OCC(CN)c2ccccc2Cl)cc1. The van der Waals surface area contributed by atoms with E-state index in [0.29, 0.717) is 13.2 Å². The summed E-state index contributed by atoms with van der Waals surface area (Å²) in [6.45, 7) is 0.979. The van der Waals surface area contributed by atoms with Gasteiger partial charge in [-0.2, -0.15) is 0 Å². The Labute approximate surface area is 124 Å². The highest BCUT2D eigenvalue weighted by Crippen LogP contribution is 2.25. The van der Waals surface area contributed by atoms with E-state index in [4.69, 9.17) is 26.8 Å². The van der Waals surface area contributed by atoms with Gasteiger partial charge in [0.15, 0.2) is 0 Å². The van der Waals surface area contributed by atoms with E-state index >= 15 is 0 Å². The Bertz CT molecular complexity index is 542. The molecular weight excluding hydrogens is 274 g/mol. The summed E-state index contributed by atoms with van der Waals surface area (Å²) < 4.78 is 10.9. The third kappa shape index (κ3) is 3.65. The predicted molar refractivity (Wildman–Crippen MR) is 81.7 cm³/mol. The van der Waals surface area contributed by atoms with Crippen molar-refractivity contribution in [3.63, 3.8) is 0 Å². The highest BCUT2D eigenvalue weighted by Gasteiger charge is 2.13. The average Bonchev–Trinajstić information content (AvgIpc) is 2.50. The van der Waals surface area contributed by atoms with Gasteiger partial charge in [0.2, 0.25) is 0 Å². The van der Waals surface area contributed by atoms with Crippen molar-refractivity contribution in [3.8, 4) is 11.5 Å². The first kappa shape index (κ1) is 14.7. The van der Waals surface area contributed by atoms with Crippen LogP contribution in [-0.2, 0) is 0 Å². The van der Waals surface area contributed by atoms with Crippen molar-refractivity contribution in [1.29, 1.82) is 0 Å². The minimum absolute atomic E-state index is 0.0748. The molecule has 0 heterocycles. The normalized spacial score (nSPS) is 11.9. The lowest BCUT2D eigenvalue weighted by molar-refractivity contribution is 0.290. The van der Waals surface area contributed by atoms with Gasteiger partial charge in [-0.15, -0.1) is 0 Å². The van der Waals surface area contributed by atoms with Gasteiger partial charge in [0, 0.05) is 17.5 Å². The van der Waals surface area contributed by atoms with Gasteiger partial charge in [0.25, 0.3) is 0 Å². The number of hydrogen-bond donors (Lipinski definition) is 1. The Hall–Kier alpha value is -1.71. The summed E-state index contributed by atoms with van der Waals surface area (Å²) in [5.41, 5.74) is 6.84. The molecule has 0 saturated carbocycles. The van der Waals surface area contributed by atoms with E-state index in [0.717, 1.165) is 22.1 Å². The zero-order valence-corrected chi connectivity index (χ0v) is 12.1. The first-order valence-electron chi connectivity index (χ1n) is 6.46. The number of ether oxygens (including phenoxy) is 2. The Morgan fingerprint density at radius 1 is 1.05 bits per heavy atom. The molecule has 2 aromatic rings. The van der Waals surface area contributed by atoms with E-state index in [1.165, 1.54) is 0 Å². The maximum atomic E-state index is 6.19. The number of rotatable bonds is 6. The third-order valence-corrected chi connectivity index (χ3v) is 3.48.